The number of fused-ring (bicyclic) bond motifs is 1. The van der Waals surface area contributed by atoms with E-state index in [9.17, 15) is 23.9 Å². The van der Waals surface area contributed by atoms with Crippen LogP contribution in [0.15, 0.2) is 91.5 Å². The van der Waals surface area contributed by atoms with Crippen LogP contribution >= 0.6 is 0 Å². The minimum Gasteiger partial charge on any atom is -0.497 e. The van der Waals surface area contributed by atoms with E-state index in [-0.39, 0.29) is 31.2 Å². The number of aliphatic carboxylic acids is 1. The van der Waals surface area contributed by atoms with E-state index in [2.05, 4.69) is 17.2 Å². The van der Waals surface area contributed by atoms with Crippen LogP contribution in [0, 0.1) is 17.7 Å². The number of hydrogen-bond donors (Lipinski definition) is 3. The third-order valence-electron chi connectivity index (χ3n) is 9.32. The van der Waals surface area contributed by atoms with Gasteiger partial charge < -0.3 is 30.1 Å². The average molecular weight is 667 g/mol. The van der Waals surface area contributed by atoms with Gasteiger partial charge >= 0.3 is 5.97 Å². The number of amides is 2. The van der Waals surface area contributed by atoms with Crippen LogP contribution in [0.5, 0.6) is 11.5 Å². The number of likely N-dealkylation sites (tertiary alicyclic amines) is 1. The lowest BCUT2D eigenvalue weighted by atomic mass is 10.0. The minimum absolute atomic E-state index is 0.0663. The van der Waals surface area contributed by atoms with Crippen molar-refractivity contribution in [3.05, 3.63) is 97.3 Å². The summed E-state index contributed by atoms with van der Waals surface area (Å²) in [6, 6.07) is 20.9. The highest BCUT2D eigenvalue weighted by Gasteiger charge is 2.61. The molecule has 1 aliphatic heterocycles. The van der Waals surface area contributed by atoms with Gasteiger partial charge in [0.2, 0.25) is 11.8 Å². The number of nitrogens with one attached hydrogen (secondary N) is 2. The summed E-state index contributed by atoms with van der Waals surface area (Å²) in [6.45, 7) is 7.53. The molecule has 1 saturated heterocycles. The highest BCUT2D eigenvalue weighted by Crippen LogP contribution is 2.45. The van der Waals surface area contributed by atoms with Crippen molar-refractivity contribution in [1.29, 1.82) is 0 Å². The Hall–Kier alpha value is -5.45. The second-order valence-electron chi connectivity index (χ2n) is 12.9. The van der Waals surface area contributed by atoms with Gasteiger partial charge in [0.15, 0.2) is 0 Å². The van der Waals surface area contributed by atoms with Gasteiger partial charge in [0.25, 0.3) is 0 Å². The van der Waals surface area contributed by atoms with Crippen molar-refractivity contribution in [2.75, 3.05) is 19.0 Å². The summed E-state index contributed by atoms with van der Waals surface area (Å²) in [4.78, 5) is 46.8. The van der Waals surface area contributed by atoms with Crippen LogP contribution < -0.4 is 20.1 Å². The number of nitrogens with zero attached hydrogens (tertiary/aromatic N) is 2. The number of anilines is 1. The van der Waals surface area contributed by atoms with Crippen LogP contribution in [0.3, 0.4) is 0 Å². The molecule has 1 aromatic heterocycles. The zero-order chi connectivity index (χ0) is 34.9. The number of rotatable bonds is 12. The molecule has 5 atom stereocenters. The van der Waals surface area contributed by atoms with E-state index in [0.29, 0.717) is 28.4 Å². The van der Waals surface area contributed by atoms with E-state index in [4.69, 9.17) is 14.5 Å². The molecule has 0 bridgehead atoms. The van der Waals surface area contributed by atoms with Gasteiger partial charge in [-0.15, -0.1) is 6.58 Å². The summed E-state index contributed by atoms with van der Waals surface area (Å²) in [6.07, 6.45) is 1.24. The molecule has 2 fully saturated rings. The molecule has 11 heteroatoms. The minimum atomic E-state index is -1.47. The van der Waals surface area contributed by atoms with Gasteiger partial charge in [0.05, 0.1) is 24.9 Å². The highest BCUT2D eigenvalue weighted by atomic mass is 19.1. The Morgan fingerprint density at radius 2 is 1.82 bits per heavy atom. The average Bonchev–Trinajstić information content (AvgIpc) is 3.67. The zero-order valence-corrected chi connectivity index (χ0v) is 27.6. The van der Waals surface area contributed by atoms with Crippen LogP contribution in [0.4, 0.5) is 10.1 Å². The number of halogens is 1. The van der Waals surface area contributed by atoms with Crippen LogP contribution in [0.1, 0.15) is 26.7 Å². The van der Waals surface area contributed by atoms with Gasteiger partial charge in [-0.3, -0.25) is 9.59 Å². The number of carbonyl (C=O) groups is 3. The summed E-state index contributed by atoms with van der Waals surface area (Å²) < 4.78 is 25.7. The number of methoxy groups -OCH3 is 1. The maximum atomic E-state index is 14.3. The lowest BCUT2D eigenvalue weighted by Gasteiger charge is -2.31. The Morgan fingerprint density at radius 1 is 1.08 bits per heavy atom. The van der Waals surface area contributed by atoms with Crippen molar-refractivity contribution >= 4 is 34.4 Å². The molecule has 2 heterocycles. The molecule has 1 unspecified atom stereocenters. The Kier molecular flexibility index (Phi) is 9.27. The number of benzene rings is 3. The fourth-order valence-electron chi connectivity index (χ4n) is 6.45. The number of carboxylic acids is 1. The quantitative estimate of drug-likeness (QED) is 0.165. The van der Waals surface area contributed by atoms with Crippen LogP contribution in [-0.2, 0) is 14.4 Å². The molecule has 0 radical (unpaired) electrons. The van der Waals surface area contributed by atoms with Crippen molar-refractivity contribution in [1.82, 2.24) is 15.2 Å². The topological polar surface area (TPSA) is 130 Å². The Balaban J connectivity index is 1.34. The molecule has 49 heavy (non-hydrogen) atoms. The molecule has 2 aliphatic rings. The monoisotopic (exact) mass is 666 g/mol. The SMILES string of the molecule is C=C[C@H]1CC1(NC(=O)[C@@H]1C[C@@H](Oc2cc(-c3ccccc3)nc3cc(OC)ccc23)CN1C(=O)[C@@H](Nc1ccc(F)cc1)C(C)C)C(=O)O. The predicted molar refractivity (Wildman–Crippen MR) is 184 cm³/mol. The van der Waals surface area contributed by atoms with Crippen molar-refractivity contribution in [3.63, 3.8) is 0 Å². The molecule has 1 aliphatic carbocycles. The molecule has 1 saturated carbocycles. The summed E-state index contributed by atoms with van der Waals surface area (Å²) in [5.41, 5.74) is 1.27. The molecule has 3 N–H and O–H groups in total. The lowest BCUT2D eigenvalue weighted by Crippen LogP contribution is -2.55. The predicted octanol–water partition coefficient (Wildman–Crippen LogP) is 5.68. The van der Waals surface area contributed by atoms with Crippen LogP contribution in [0.2, 0.25) is 0 Å². The van der Waals surface area contributed by atoms with Crippen LogP contribution in [-0.4, -0.2) is 70.2 Å². The standard InChI is InChI=1S/C38H39FN4O6/c1-5-24-20-38(24,37(46)47)42-35(44)32-18-28(21-43(32)36(45)34(22(2)3)40-26-13-11-25(39)12-14-26)49-33-19-30(23-9-7-6-8-10-23)41-31-17-27(48-4)15-16-29(31)33/h5-17,19,22,24,28,32,34,40H,1,18,20-21H2,2-4H3,(H,42,44)(H,46,47)/t24-,28+,32-,34-,38?/m0/s1. The van der Waals surface area contributed by atoms with E-state index in [1.54, 1.807) is 19.2 Å². The summed E-state index contributed by atoms with van der Waals surface area (Å²) in [5, 5.41) is 16.7. The molecular formula is C38H39FN4O6. The van der Waals surface area contributed by atoms with E-state index >= 15 is 0 Å². The summed E-state index contributed by atoms with van der Waals surface area (Å²) in [5.74, 6) is -1.99. The van der Waals surface area contributed by atoms with E-state index in [0.717, 1.165) is 10.9 Å². The first kappa shape index (κ1) is 33.5. The third kappa shape index (κ3) is 6.78. The van der Waals surface area contributed by atoms with E-state index < -0.39 is 47.3 Å². The number of ether oxygens (including phenoxy) is 2. The van der Waals surface area contributed by atoms with Gasteiger partial charge in [-0.05, 0) is 48.7 Å². The van der Waals surface area contributed by atoms with Gasteiger partial charge in [-0.1, -0.05) is 50.3 Å². The van der Waals surface area contributed by atoms with Gasteiger partial charge in [-0.2, -0.15) is 0 Å². The molecule has 0 spiro atoms. The van der Waals surface area contributed by atoms with Gasteiger partial charge in [-0.25, -0.2) is 14.2 Å². The molecule has 254 valence electrons. The highest BCUT2D eigenvalue weighted by molar-refractivity contribution is 5.96. The Bertz CT molecular complexity index is 1880. The van der Waals surface area contributed by atoms with Crippen molar-refractivity contribution in [2.45, 2.75) is 50.4 Å². The molecule has 4 aromatic rings. The molecule has 2 amide bonds. The van der Waals surface area contributed by atoms with Crippen molar-refractivity contribution in [3.8, 4) is 22.8 Å². The molecule has 6 rings (SSSR count). The molecule has 10 nitrogen and oxygen atoms in total. The van der Waals surface area contributed by atoms with Crippen LogP contribution in [0.25, 0.3) is 22.2 Å². The van der Waals surface area contributed by atoms with Crippen molar-refractivity contribution < 1.29 is 33.4 Å². The summed E-state index contributed by atoms with van der Waals surface area (Å²) >= 11 is 0. The normalized spacial score (nSPS) is 22.0. The maximum Gasteiger partial charge on any atom is 0.330 e. The molecule has 3 aromatic carbocycles. The third-order valence-corrected chi connectivity index (χ3v) is 9.32. The first-order chi connectivity index (χ1) is 23.5. The first-order valence-corrected chi connectivity index (χ1v) is 16.2. The maximum absolute atomic E-state index is 14.3. The van der Waals surface area contributed by atoms with Crippen molar-refractivity contribution in [2.24, 2.45) is 11.8 Å². The Labute approximate surface area is 283 Å². The number of carbonyl (C=O) groups excluding carboxylic acids is 2. The van der Waals surface area contributed by atoms with Gasteiger partial charge in [0, 0.05) is 41.1 Å². The molecular weight excluding hydrogens is 627 g/mol. The summed E-state index contributed by atoms with van der Waals surface area (Å²) in [7, 11) is 1.58. The number of aromatic nitrogens is 1. The number of pyridine rings is 1. The first-order valence-electron chi connectivity index (χ1n) is 16.2. The van der Waals surface area contributed by atoms with E-state index in [1.165, 1.54) is 23.1 Å². The number of carboxylic acid groups (broad SMARTS) is 1. The second-order valence-corrected chi connectivity index (χ2v) is 12.9. The largest absolute Gasteiger partial charge is 0.497 e. The smallest absolute Gasteiger partial charge is 0.330 e. The second kappa shape index (κ2) is 13.6. The Morgan fingerprint density at radius 3 is 2.45 bits per heavy atom. The fourth-order valence-corrected chi connectivity index (χ4v) is 6.45. The zero-order valence-electron chi connectivity index (χ0n) is 27.6. The fraction of sp³-hybridized carbons (Fsp3) is 0.316. The van der Waals surface area contributed by atoms with E-state index in [1.807, 2.05) is 68.4 Å². The number of hydrogen-bond acceptors (Lipinski definition) is 7. The lowest BCUT2D eigenvalue weighted by molar-refractivity contribution is -0.145. The van der Waals surface area contributed by atoms with Gasteiger partial charge in [0.1, 0.15) is 41.0 Å².